The number of carbonyl (C=O) groups excluding carboxylic acids is 2. The summed E-state index contributed by atoms with van der Waals surface area (Å²) in [6.45, 7) is 7.73. The van der Waals surface area contributed by atoms with E-state index in [0.717, 1.165) is 12.0 Å². The van der Waals surface area contributed by atoms with Gasteiger partial charge in [0.1, 0.15) is 11.8 Å². The molecule has 6 heteroatoms. The summed E-state index contributed by atoms with van der Waals surface area (Å²) in [5.41, 5.74) is 2.09. The highest BCUT2D eigenvalue weighted by atomic mass is 35.5. The normalized spacial score (nSPS) is 11.8. The summed E-state index contributed by atoms with van der Waals surface area (Å²) in [7, 11) is 0. The Morgan fingerprint density at radius 3 is 2.14 bits per heavy atom. The van der Waals surface area contributed by atoms with Crippen LogP contribution >= 0.6 is 11.6 Å². The van der Waals surface area contributed by atoms with Gasteiger partial charge in [-0.3, -0.25) is 9.59 Å². The van der Waals surface area contributed by atoms with E-state index in [-0.39, 0.29) is 24.5 Å². The second-order valence-corrected chi connectivity index (χ2v) is 7.71. The van der Waals surface area contributed by atoms with Gasteiger partial charge in [0.25, 0.3) is 5.91 Å². The van der Waals surface area contributed by atoms with E-state index >= 15 is 0 Å². The number of benzene rings is 2. The number of carbonyl (C=O) groups is 2. The first-order chi connectivity index (χ1) is 13.8. The molecule has 0 spiro atoms. The molecule has 0 radical (unpaired) electrons. The van der Waals surface area contributed by atoms with Crippen molar-refractivity contribution < 1.29 is 14.3 Å². The fourth-order valence-electron chi connectivity index (χ4n) is 2.82. The largest absolute Gasteiger partial charge is 0.484 e. The second-order valence-electron chi connectivity index (χ2n) is 7.27. The van der Waals surface area contributed by atoms with Crippen LogP contribution in [0.3, 0.4) is 0 Å². The maximum atomic E-state index is 12.9. The summed E-state index contributed by atoms with van der Waals surface area (Å²) in [5, 5.41) is 3.49. The van der Waals surface area contributed by atoms with E-state index in [0.29, 0.717) is 17.3 Å². The van der Waals surface area contributed by atoms with Crippen molar-refractivity contribution in [1.29, 1.82) is 0 Å². The third-order valence-corrected chi connectivity index (χ3v) is 4.81. The minimum Gasteiger partial charge on any atom is -0.484 e. The lowest BCUT2D eigenvalue weighted by atomic mass is 10.1. The van der Waals surface area contributed by atoms with Crippen molar-refractivity contribution in [2.75, 3.05) is 6.61 Å². The Morgan fingerprint density at radius 2 is 1.59 bits per heavy atom. The van der Waals surface area contributed by atoms with Crippen molar-refractivity contribution in [2.24, 2.45) is 0 Å². The molecule has 0 aromatic heterocycles. The summed E-state index contributed by atoms with van der Waals surface area (Å²) in [6, 6.07) is 14.2. The van der Waals surface area contributed by atoms with E-state index in [2.05, 4.69) is 12.2 Å². The molecule has 5 nitrogen and oxygen atoms in total. The molecule has 0 saturated carbocycles. The van der Waals surface area contributed by atoms with Crippen molar-refractivity contribution >= 4 is 23.4 Å². The molecule has 2 aromatic carbocycles. The van der Waals surface area contributed by atoms with E-state index in [4.69, 9.17) is 16.3 Å². The van der Waals surface area contributed by atoms with Crippen LogP contribution in [0.4, 0.5) is 0 Å². The number of ether oxygens (including phenoxy) is 1. The highest BCUT2D eigenvalue weighted by Gasteiger charge is 2.26. The molecule has 2 aromatic rings. The molecule has 2 amide bonds. The zero-order valence-electron chi connectivity index (χ0n) is 17.4. The first kappa shape index (κ1) is 22.8. The van der Waals surface area contributed by atoms with Crippen LogP contribution in [-0.4, -0.2) is 35.4 Å². The molecule has 2 rings (SSSR count). The van der Waals surface area contributed by atoms with Crippen LogP contribution in [-0.2, 0) is 22.6 Å². The van der Waals surface area contributed by atoms with Gasteiger partial charge in [-0.15, -0.1) is 0 Å². The van der Waals surface area contributed by atoms with Gasteiger partial charge in [0.05, 0.1) is 0 Å². The lowest BCUT2D eigenvalue weighted by Gasteiger charge is -2.29. The lowest BCUT2D eigenvalue weighted by Crippen LogP contribution is -2.50. The Bertz CT molecular complexity index is 804. The monoisotopic (exact) mass is 416 g/mol. The average Bonchev–Trinajstić information content (AvgIpc) is 2.71. The molecule has 0 unspecified atom stereocenters. The predicted octanol–water partition coefficient (Wildman–Crippen LogP) is 4.22. The van der Waals surface area contributed by atoms with Gasteiger partial charge in [0, 0.05) is 17.6 Å². The number of rotatable bonds is 9. The molecule has 0 heterocycles. The van der Waals surface area contributed by atoms with Crippen molar-refractivity contribution in [2.45, 2.75) is 52.7 Å². The van der Waals surface area contributed by atoms with Crippen molar-refractivity contribution in [3.63, 3.8) is 0 Å². The Morgan fingerprint density at radius 1 is 1.00 bits per heavy atom. The first-order valence-corrected chi connectivity index (χ1v) is 10.2. The number of hydrogen-bond acceptors (Lipinski definition) is 3. The van der Waals surface area contributed by atoms with Gasteiger partial charge in [0.2, 0.25) is 5.91 Å². The maximum Gasteiger partial charge on any atom is 0.261 e. The SMILES string of the molecule is CCc1ccc(OCC(=O)N(Cc2ccc(Cl)cc2)[C@H](C)C(=O)NC(C)C)cc1. The third kappa shape index (κ3) is 7.09. The van der Waals surface area contributed by atoms with Crippen LogP contribution < -0.4 is 10.1 Å². The van der Waals surface area contributed by atoms with Crippen LogP contribution in [0, 0.1) is 0 Å². The number of hydrogen-bond donors (Lipinski definition) is 1. The number of nitrogens with zero attached hydrogens (tertiary/aromatic N) is 1. The number of nitrogens with one attached hydrogen (secondary N) is 1. The molecule has 156 valence electrons. The summed E-state index contributed by atoms with van der Waals surface area (Å²) >= 11 is 5.96. The minimum absolute atomic E-state index is 0.00855. The number of aryl methyl sites for hydroxylation is 1. The van der Waals surface area contributed by atoms with Crippen LogP contribution in [0.5, 0.6) is 5.75 Å². The zero-order valence-corrected chi connectivity index (χ0v) is 18.2. The third-order valence-electron chi connectivity index (χ3n) is 4.56. The molecular weight excluding hydrogens is 388 g/mol. The number of amides is 2. The Labute approximate surface area is 178 Å². The van der Waals surface area contributed by atoms with Crippen LogP contribution in [0.2, 0.25) is 5.02 Å². The number of halogens is 1. The maximum absolute atomic E-state index is 12.9. The molecule has 0 aliphatic heterocycles. The van der Waals surface area contributed by atoms with E-state index in [9.17, 15) is 9.59 Å². The van der Waals surface area contributed by atoms with Gasteiger partial charge in [-0.1, -0.05) is 42.8 Å². The van der Waals surface area contributed by atoms with E-state index in [1.54, 1.807) is 19.1 Å². The van der Waals surface area contributed by atoms with E-state index in [1.807, 2.05) is 50.2 Å². The highest BCUT2D eigenvalue weighted by molar-refractivity contribution is 6.30. The Hall–Kier alpha value is -2.53. The van der Waals surface area contributed by atoms with Crippen molar-refractivity contribution in [3.05, 3.63) is 64.7 Å². The zero-order chi connectivity index (χ0) is 21.4. The van der Waals surface area contributed by atoms with Gasteiger partial charge in [0.15, 0.2) is 6.61 Å². The van der Waals surface area contributed by atoms with Crippen molar-refractivity contribution in [3.8, 4) is 5.75 Å². The summed E-state index contributed by atoms with van der Waals surface area (Å²) < 4.78 is 5.67. The highest BCUT2D eigenvalue weighted by Crippen LogP contribution is 2.16. The predicted molar refractivity (Wildman–Crippen MR) is 116 cm³/mol. The van der Waals surface area contributed by atoms with Crippen molar-refractivity contribution in [1.82, 2.24) is 10.2 Å². The van der Waals surface area contributed by atoms with Crippen LogP contribution in [0.25, 0.3) is 0 Å². The lowest BCUT2D eigenvalue weighted by molar-refractivity contribution is -0.142. The van der Waals surface area contributed by atoms with Gasteiger partial charge in [-0.05, 0) is 62.6 Å². The summed E-state index contributed by atoms with van der Waals surface area (Å²) in [5.74, 6) is 0.168. The molecule has 0 aliphatic carbocycles. The molecule has 1 atom stereocenters. The Kier molecular flexibility index (Phi) is 8.52. The van der Waals surface area contributed by atoms with E-state index in [1.165, 1.54) is 10.5 Å². The van der Waals surface area contributed by atoms with Gasteiger partial charge in [-0.25, -0.2) is 0 Å². The average molecular weight is 417 g/mol. The standard InChI is InChI=1S/C23H29ClN2O3/c1-5-18-8-12-21(13-9-18)29-15-22(27)26(17(4)23(28)25-16(2)3)14-19-6-10-20(24)11-7-19/h6-13,16-17H,5,14-15H2,1-4H3,(H,25,28)/t17-/m1/s1. The topological polar surface area (TPSA) is 58.6 Å². The molecule has 1 N–H and O–H groups in total. The summed E-state index contributed by atoms with van der Waals surface area (Å²) in [4.78, 5) is 27.0. The van der Waals surface area contributed by atoms with Gasteiger partial charge >= 0.3 is 0 Å². The molecule has 0 saturated heterocycles. The Balaban J connectivity index is 2.11. The molecule has 29 heavy (non-hydrogen) atoms. The molecule has 0 bridgehead atoms. The fraction of sp³-hybridized carbons (Fsp3) is 0.391. The van der Waals surface area contributed by atoms with E-state index < -0.39 is 6.04 Å². The van der Waals surface area contributed by atoms with Gasteiger partial charge in [-0.2, -0.15) is 0 Å². The second kappa shape index (κ2) is 10.9. The van der Waals surface area contributed by atoms with Gasteiger partial charge < -0.3 is 15.0 Å². The van der Waals surface area contributed by atoms with Crippen LogP contribution in [0.1, 0.15) is 38.8 Å². The first-order valence-electron chi connectivity index (χ1n) is 9.86. The molecular formula is C23H29ClN2O3. The molecule has 0 fully saturated rings. The fourth-order valence-corrected chi connectivity index (χ4v) is 2.95. The minimum atomic E-state index is -0.633. The summed E-state index contributed by atoms with van der Waals surface area (Å²) in [6.07, 6.45) is 0.941. The quantitative estimate of drug-likeness (QED) is 0.665. The smallest absolute Gasteiger partial charge is 0.261 e. The molecule has 0 aliphatic rings. The van der Waals surface area contributed by atoms with Crippen LogP contribution in [0.15, 0.2) is 48.5 Å².